The molecule has 0 saturated carbocycles. The van der Waals surface area contributed by atoms with Gasteiger partial charge in [0.1, 0.15) is 10.4 Å². The Morgan fingerprint density at radius 1 is 1.38 bits per heavy atom. The molecule has 9 heteroatoms. The number of benzene rings is 1. The maximum absolute atomic E-state index is 12.7. The molecule has 1 aromatic rings. The van der Waals surface area contributed by atoms with E-state index in [-0.39, 0.29) is 10.2 Å². The number of hydrogen-bond donors (Lipinski definition) is 1. The Labute approximate surface area is 165 Å². The van der Waals surface area contributed by atoms with Crippen molar-refractivity contribution in [2.45, 2.75) is 12.5 Å². The average molecular weight is 414 g/mol. The quantitative estimate of drug-likeness (QED) is 0.515. The van der Waals surface area contributed by atoms with Gasteiger partial charge in [0.25, 0.3) is 5.91 Å². The first kappa shape index (κ1) is 20.6. The summed E-state index contributed by atoms with van der Waals surface area (Å²) in [7, 11) is 3.08. The van der Waals surface area contributed by atoms with Gasteiger partial charge in [0.05, 0.1) is 19.1 Å². The zero-order valence-electron chi connectivity index (χ0n) is 14.6. The lowest BCUT2D eigenvalue weighted by Crippen LogP contribution is -2.44. The SMILES string of the molecule is COc1ccc(/C=C2\SC(=S)N([C@@H](CCSC)C(=O)O)C2=O)cc1OC. The highest BCUT2D eigenvalue weighted by Crippen LogP contribution is 2.36. The highest BCUT2D eigenvalue weighted by Gasteiger charge is 2.40. The Bertz CT molecular complexity index is 750. The molecule has 0 spiro atoms. The summed E-state index contributed by atoms with van der Waals surface area (Å²) in [5, 5.41) is 9.48. The molecule has 1 amide bonds. The lowest BCUT2D eigenvalue weighted by atomic mass is 10.1. The van der Waals surface area contributed by atoms with Crippen LogP contribution < -0.4 is 9.47 Å². The van der Waals surface area contributed by atoms with Crippen molar-refractivity contribution in [3.8, 4) is 11.5 Å². The van der Waals surface area contributed by atoms with Crippen LogP contribution in [0, 0.1) is 0 Å². The van der Waals surface area contributed by atoms with E-state index in [1.807, 2.05) is 6.26 Å². The Hall–Kier alpha value is -1.71. The van der Waals surface area contributed by atoms with Crippen molar-refractivity contribution in [1.82, 2.24) is 4.90 Å². The monoisotopic (exact) mass is 413 g/mol. The van der Waals surface area contributed by atoms with Crippen molar-refractivity contribution in [2.24, 2.45) is 0 Å². The van der Waals surface area contributed by atoms with Crippen LogP contribution in [0.15, 0.2) is 23.1 Å². The molecule has 1 aromatic carbocycles. The second-order valence-electron chi connectivity index (χ2n) is 5.30. The number of methoxy groups -OCH3 is 2. The lowest BCUT2D eigenvalue weighted by Gasteiger charge is -2.22. The zero-order valence-corrected chi connectivity index (χ0v) is 17.0. The van der Waals surface area contributed by atoms with Gasteiger partial charge < -0.3 is 14.6 Å². The van der Waals surface area contributed by atoms with Crippen LogP contribution in [0.3, 0.4) is 0 Å². The number of aliphatic carboxylic acids is 1. The lowest BCUT2D eigenvalue weighted by molar-refractivity contribution is -0.145. The average Bonchev–Trinajstić information content (AvgIpc) is 2.89. The van der Waals surface area contributed by atoms with E-state index in [9.17, 15) is 14.7 Å². The van der Waals surface area contributed by atoms with Gasteiger partial charge in [0.15, 0.2) is 11.5 Å². The van der Waals surface area contributed by atoms with E-state index < -0.39 is 12.0 Å². The summed E-state index contributed by atoms with van der Waals surface area (Å²) >= 11 is 7.89. The van der Waals surface area contributed by atoms with Crippen LogP contribution in [-0.4, -0.2) is 58.5 Å². The first-order valence-electron chi connectivity index (χ1n) is 7.63. The second-order valence-corrected chi connectivity index (χ2v) is 7.96. The maximum Gasteiger partial charge on any atom is 0.326 e. The molecule has 0 aliphatic carbocycles. The van der Waals surface area contributed by atoms with E-state index in [1.165, 1.54) is 23.8 Å². The molecule has 26 heavy (non-hydrogen) atoms. The number of carboxylic acid groups (broad SMARTS) is 1. The third-order valence-electron chi connectivity index (χ3n) is 3.72. The Morgan fingerprint density at radius 2 is 2.08 bits per heavy atom. The number of hydrogen-bond acceptors (Lipinski definition) is 7. The fourth-order valence-corrected chi connectivity index (χ4v) is 4.25. The molecule has 0 aromatic heterocycles. The molecular formula is C17H19NO5S3. The van der Waals surface area contributed by atoms with Gasteiger partial charge >= 0.3 is 5.97 Å². The van der Waals surface area contributed by atoms with Crippen LogP contribution >= 0.6 is 35.7 Å². The summed E-state index contributed by atoms with van der Waals surface area (Å²) < 4.78 is 10.7. The number of carboxylic acids is 1. The highest BCUT2D eigenvalue weighted by atomic mass is 32.2. The molecule has 1 fully saturated rings. The summed E-state index contributed by atoms with van der Waals surface area (Å²) in [6.45, 7) is 0. The minimum Gasteiger partial charge on any atom is -0.493 e. The third-order valence-corrected chi connectivity index (χ3v) is 5.70. The van der Waals surface area contributed by atoms with Crippen LogP contribution in [0.1, 0.15) is 12.0 Å². The molecule has 1 N–H and O–H groups in total. The molecule has 0 radical (unpaired) electrons. The van der Waals surface area contributed by atoms with Crippen LogP contribution in [0.4, 0.5) is 0 Å². The molecule has 1 heterocycles. The summed E-state index contributed by atoms with van der Waals surface area (Å²) in [4.78, 5) is 25.9. The number of carbonyl (C=O) groups excluding carboxylic acids is 1. The van der Waals surface area contributed by atoms with Gasteiger partial charge in [-0.05, 0) is 42.2 Å². The minimum atomic E-state index is -1.05. The van der Waals surface area contributed by atoms with Gasteiger partial charge in [0, 0.05) is 0 Å². The number of nitrogens with zero attached hydrogens (tertiary/aromatic N) is 1. The van der Waals surface area contributed by atoms with Crippen molar-refractivity contribution in [1.29, 1.82) is 0 Å². The number of thiocarbonyl (C=S) groups is 1. The predicted molar refractivity (Wildman–Crippen MR) is 109 cm³/mol. The zero-order chi connectivity index (χ0) is 19.3. The van der Waals surface area contributed by atoms with Gasteiger partial charge in [-0.25, -0.2) is 4.79 Å². The fourth-order valence-electron chi connectivity index (χ4n) is 2.43. The number of rotatable bonds is 8. The van der Waals surface area contributed by atoms with E-state index >= 15 is 0 Å². The first-order valence-corrected chi connectivity index (χ1v) is 10.3. The van der Waals surface area contributed by atoms with Crippen molar-refractivity contribution in [3.05, 3.63) is 28.7 Å². The van der Waals surface area contributed by atoms with E-state index in [0.717, 1.165) is 17.3 Å². The second kappa shape index (κ2) is 9.29. The molecular weight excluding hydrogens is 394 g/mol. The molecule has 2 rings (SSSR count). The molecule has 140 valence electrons. The standard InChI is InChI=1S/C17H19NO5S3/c1-22-12-5-4-10(8-13(12)23-2)9-14-15(19)18(17(24)26-14)11(16(20)21)6-7-25-3/h4-5,8-9,11H,6-7H2,1-3H3,(H,20,21)/b14-9-/t11-/m0/s1. The van der Waals surface area contributed by atoms with Crippen molar-refractivity contribution in [3.63, 3.8) is 0 Å². The fraction of sp³-hybridized carbons (Fsp3) is 0.353. The molecule has 0 unspecified atom stereocenters. The summed E-state index contributed by atoms with van der Waals surface area (Å²) in [6.07, 6.45) is 3.90. The first-order chi connectivity index (χ1) is 12.4. The largest absolute Gasteiger partial charge is 0.493 e. The van der Waals surface area contributed by atoms with Crippen LogP contribution in [0.5, 0.6) is 11.5 Å². The van der Waals surface area contributed by atoms with Gasteiger partial charge in [-0.2, -0.15) is 11.8 Å². The molecule has 6 nitrogen and oxygen atoms in total. The number of ether oxygens (including phenoxy) is 2. The van der Waals surface area contributed by atoms with Crippen LogP contribution in [-0.2, 0) is 9.59 Å². The van der Waals surface area contributed by atoms with Crippen molar-refractivity contribution < 1.29 is 24.2 Å². The topological polar surface area (TPSA) is 76.1 Å². The van der Waals surface area contributed by atoms with Gasteiger partial charge in [-0.1, -0.05) is 30.0 Å². The smallest absolute Gasteiger partial charge is 0.326 e. The summed E-state index contributed by atoms with van der Waals surface area (Å²) in [5.41, 5.74) is 0.735. The molecule has 1 aliphatic heterocycles. The van der Waals surface area contributed by atoms with Gasteiger partial charge in [-0.15, -0.1) is 0 Å². The highest BCUT2D eigenvalue weighted by molar-refractivity contribution is 8.26. The summed E-state index contributed by atoms with van der Waals surface area (Å²) in [5.74, 6) is 0.314. The van der Waals surface area contributed by atoms with E-state index in [1.54, 1.807) is 31.4 Å². The van der Waals surface area contributed by atoms with E-state index in [4.69, 9.17) is 21.7 Å². The molecule has 1 atom stereocenters. The Morgan fingerprint density at radius 3 is 2.65 bits per heavy atom. The maximum atomic E-state index is 12.7. The third kappa shape index (κ3) is 4.52. The number of amides is 1. The summed E-state index contributed by atoms with van der Waals surface area (Å²) in [6, 6.07) is 4.32. The predicted octanol–water partition coefficient (Wildman–Crippen LogP) is 3.11. The number of carbonyl (C=O) groups is 2. The van der Waals surface area contributed by atoms with Gasteiger partial charge in [-0.3, -0.25) is 9.69 Å². The van der Waals surface area contributed by atoms with Crippen molar-refractivity contribution in [2.75, 3.05) is 26.2 Å². The van der Waals surface area contributed by atoms with Crippen LogP contribution in [0.2, 0.25) is 0 Å². The molecule has 1 saturated heterocycles. The Kier molecular flexibility index (Phi) is 7.36. The molecule has 1 aliphatic rings. The van der Waals surface area contributed by atoms with Crippen LogP contribution in [0.25, 0.3) is 6.08 Å². The van der Waals surface area contributed by atoms with Gasteiger partial charge in [0.2, 0.25) is 0 Å². The molecule has 0 bridgehead atoms. The number of thioether (sulfide) groups is 2. The van der Waals surface area contributed by atoms with E-state index in [2.05, 4.69) is 0 Å². The van der Waals surface area contributed by atoms with E-state index in [0.29, 0.717) is 28.6 Å². The Balaban J connectivity index is 2.29. The minimum absolute atomic E-state index is 0.259. The van der Waals surface area contributed by atoms with Crippen molar-refractivity contribution >= 4 is 58.0 Å². The normalized spacial score (nSPS) is 16.9.